The summed E-state index contributed by atoms with van der Waals surface area (Å²) in [4.78, 5) is 10.5. The Labute approximate surface area is 90.5 Å². The molecular weight excluding hydrogens is 186 g/mol. The minimum atomic E-state index is -0.401. The zero-order chi connectivity index (χ0) is 11.3. The smallest absolute Gasteiger partial charge is 0.150 e. The maximum absolute atomic E-state index is 10.5. The quantitative estimate of drug-likeness (QED) is 0.702. The van der Waals surface area contributed by atoms with Gasteiger partial charge in [-0.2, -0.15) is 5.26 Å². The van der Waals surface area contributed by atoms with E-state index in [1.807, 2.05) is 26.0 Å². The maximum Gasteiger partial charge on any atom is 0.150 e. The average molecular weight is 201 g/mol. The molecule has 78 valence electrons. The molecule has 0 unspecified atom stereocenters. The van der Waals surface area contributed by atoms with Crippen molar-refractivity contribution in [3.05, 3.63) is 35.4 Å². The maximum atomic E-state index is 10.5. The minimum absolute atomic E-state index is 0.401. The Balaban J connectivity index is 3.14. The van der Waals surface area contributed by atoms with Crippen molar-refractivity contribution in [1.82, 2.24) is 0 Å². The van der Waals surface area contributed by atoms with Crippen LogP contribution in [0.3, 0.4) is 0 Å². The molecule has 2 nitrogen and oxygen atoms in total. The van der Waals surface area contributed by atoms with Crippen molar-refractivity contribution in [3.63, 3.8) is 0 Å². The van der Waals surface area contributed by atoms with Crippen molar-refractivity contribution in [2.24, 2.45) is 0 Å². The first-order valence-electron chi connectivity index (χ1n) is 5.19. The van der Waals surface area contributed by atoms with Gasteiger partial charge in [-0.25, -0.2) is 0 Å². The van der Waals surface area contributed by atoms with Gasteiger partial charge in [-0.1, -0.05) is 38.1 Å². The molecule has 0 radical (unpaired) electrons. The van der Waals surface area contributed by atoms with Crippen LogP contribution in [0.25, 0.3) is 0 Å². The molecule has 0 saturated heterocycles. The zero-order valence-corrected chi connectivity index (χ0v) is 9.16. The molecule has 1 rings (SSSR count). The van der Waals surface area contributed by atoms with Crippen LogP contribution in [-0.2, 0) is 5.41 Å². The molecule has 0 aliphatic heterocycles. The largest absolute Gasteiger partial charge is 0.298 e. The van der Waals surface area contributed by atoms with E-state index in [1.54, 1.807) is 12.1 Å². The van der Waals surface area contributed by atoms with Crippen LogP contribution in [0.5, 0.6) is 0 Å². The van der Waals surface area contributed by atoms with Crippen molar-refractivity contribution >= 4 is 6.29 Å². The number of hydrogen-bond acceptors (Lipinski definition) is 2. The van der Waals surface area contributed by atoms with Crippen molar-refractivity contribution < 1.29 is 4.79 Å². The van der Waals surface area contributed by atoms with E-state index < -0.39 is 5.41 Å². The molecule has 0 bridgehead atoms. The number of carbonyl (C=O) groups is 1. The second-order valence-electron chi connectivity index (χ2n) is 3.64. The highest BCUT2D eigenvalue weighted by molar-refractivity contribution is 5.74. The van der Waals surface area contributed by atoms with Crippen LogP contribution in [0, 0.1) is 11.3 Å². The summed E-state index contributed by atoms with van der Waals surface area (Å²) in [6.45, 7) is 4.03. The SMILES string of the molecule is CCC(C#N)(CC)c1ccc(C=O)cc1. The summed E-state index contributed by atoms with van der Waals surface area (Å²) in [5, 5.41) is 9.24. The summed E-state index contributed by atoms with van der Waals surface area (Å²) in [7, 11) is 0. The van der Waals surface area contributed by atoms with E-state index in [-0.39, 0.29) is 0 Å². The van der Waals surface area contributed by atoms with Gasteiger partial charge in [0.2, 0.25) is 0 Å². The first kappa shape index (κ1) is 11.5. The lowest BCUT2D eigenvalue weighted by Gasteiger charge is -2.23. The second-order valence-corrected chi connectivity index (χ2v) is 3.64. The molecule has 2 heteroatoms. The molecule has 0 fully saturated rings. The number of hydrogen-bond donors (Lipinski definition) is 0. The molecule has 0 atom stereocenters. The van der Waals surface area contributed by atoms with E-state index in [0.717, 1.165) is 24.7 Å². The van der Waals surface area contributed by atoms with Gasteiger partial charge in [0.1, 0.15) is 6.29 Å². The summed E-state index contributed by atoms with van der Waals surface area (Å²) in [6, 6.07) is 9.66. The highest BCUT2D eigenvalue weighted by Gasteiger charge is 2.27. The lowest BCUT2D eigenvalue weighted by molar-refractivity contribution is 0.112. The highest BCUT2D eigenvalue weighted by Crippen LogP contribution is 2.30. The predicted molar refractivity (Wildman–Crippen MR) is 59.7 cm³/mol. The number of nitrogens with zero attached hydrogens (tertiary/aromatic N) is 1. The first-order valence-corrected chi connectivity index (χ1v) is 5.19. The third kappa shape index (κ3) is 2.07. The molecule has 0 spiro atoms. The van der Waals surface area contributed by atoms with Gasteiger partial charge in [-0.3, -0.25) is 4.79 Å². The van der Waals surface area contributed by atoms with Crippen molar-refractivity contribution in [2.75, 3.05) is 0 Å². The van der Waals surface area contributed by atoms with E-state index in [2.05, 4.69) is 6.07 Å². The standard InChI is InChI=1S/C13H15NO/c1-3-13(4-2,10-14)12-7-5-11(9-15)6-8-12/h5-9H,3-4H2,1-2H3. The predicted octanol–water partition coefficient (Wildman–Crippen LogP) is 3.08. The van der Waals surface area contributed by atoms with Crippen molar-refractivity contribution in [3.8, 4) is 6.07 Å². The molecular formula is C13H15NO. The van der Waals surface area contributed by atoms with Crippen LogP contribution in [0.2, 0.25) is 0 Å². The van der Waals surface area contributed by atoms with E-state index in [9.17, 15) is 10.1 Å². The van der Waals surface area contributed by atoms with Crippen LogP contribution < -0.4 is 0 Å². The third-order valence-electron chi connectivity index (χ3n) is 3.02. The molecule has 0 N–H and O–H groups in total. The molecule has 15 heavy (non-hydrogen) atoms. The third-order valence-corrected chi connectivity index (χ3v) is 3.02. The first-order chi connectivity index (χ1) is 7.22. The van der Waals surface area contributed by atoms with Crippen LogP contribution in [0.15, 0.2) is 24.3 Å². The van der Waals surface area contributed by atoms with Crippen molar-refractivity contribution in [2.45, 2.75) is 32.1 Å². The van der Waals surface area contributed by atoms with Gasteiger partial charge in [0.15, 0.2) is 0 Å². The number of aldehydes is 1. The molecule has 1 aromatic carbocycles. The Morgan fingerprint density at radius 3 is 2.13 bits per heavy atom. The van der Waals surface area contributed by atoms with Gasteiger partial charge in [-0.15, -0.1) is 0 Å². The lowest BCUT2D eigenvalue weighted by Crippen LogP contribution is -2.21. The summed E-state index contributed by atoms with van der Waals surface area (Å²) in [5.74, 6) is 0. The summed E-state index contributed by atoms with van der Waals surface area (Å²) in [5.41, 5.74) is 1.25. The highest BCUT2D eigenvalue weighted by atomic mass is 16.1. The Bertz CT molecular complexity index is 369. The van der Waals surface area contributed by atoms with Gasteiger partial charge in [0.25, 0.3) is 0 Å². The van der Waals surface area contributed by atoms with Crippen LogP contribution in [0.4, 0.5) is 0 Å². The lowest BCUT2D eigenvalue weighted by atomic mass is 9.77. The van der Waals surface area contributed by atoms with Gasteiger partial charge in [0, 0.05) is 5.56 Å². The van der Waals surface area contributed by atoms with Gasteiger partial charge in [0.05, 0.1) is 11.5 Å². The van der Waals surface area contributed by atoms with Crippen LogP contribution in [-0.4, -0.2) is 6.29 Å². The van der Waals surface area contributed by atoms with E-state index in [1.165, 1.54) is 0 Å². The second kappa shape index (κ2) is 4.75. The Morgan fingerprint density at radius 2 is 1.80 bits per heavy atom. The Hall–Kier alpha value is -1.62. The number of nitriles is 1. The topological polar surface area (TPSA) is 40.9 Å². The minimum Gasteiger partial charge on any atom is -0.298 e. The summed E-state index contributed by atoms with van der Waals surface area (Å²) in [6.07, 6.45) is 2.40. The molecule has 0 heterocycles. The van der Waals surface area contributed by atoms with E-state index in [4.69, 9.17) is 0 Å². The van der Waals surface area contributed by atoms with Crippen molar-refractivity contribution in [1.29, 1.82) is 5.26 Å². The van der Waals surface area contributed by atoms with E-state index in [0.29, 0.717) is 5.56 Å². The zero-order valence-electron chi connectivity index (χ0n) is 9.16. The van der Waals surface area contributed by atoms with E-state index >= 15 is 0 Å². The molecule has 0 aliphatic rings. The summed E-state index contributed by atoms with van der Waals surface area (Å²) >= 11 is 0. The van der Waals surface area contributed by atoms with Crippen LogP contribution >= 0.6 is 0 Å². The average Bonchev–Trinajstić information content (AvgIpc) is 2.33. The fourth-order valence-corrected chi connectivity index (χ4v) is 1.76. The Kier molecular flexibility index (Phi) is 3.62. The monoisotopic (exact) mass is 201 g/mol. The van der Waals surface area contributed by atoms with Gasteiger partial charge >= 0.3 is 0 Å². The Morgan fingerprint density at radius 1 is 1.27 bits per heavy atom. The molecule has 0 amide bonds. The normalized spacial score (nSPS) is 10.7. The fraction of sp³-hybridized carbons (Fsp3) is 0.385. The van der Waals surface area contributed by atoms with Gasteiger partial charge < -0.3 is 0 Å². The van der Waals surface area contributed by atoms with Gasteiger partial charge in [-0.05, 0) is 18.4 Å². The number of rotatable bonds is 4. The molecule has 0 aliphatic carbocycles. The molecule has 0 aromatic heterocycles. The van der Waals surface area contributed by atoms with Crippen LogP contribution in [0.1, 0.15) is 42.6 Å². The molecule has 0 saturated carbocycles. The number of carbonyl (C=O) groups excluding carboxylic acids is 1. The molecule has 1 aromatic rings. The number of benzene rings is 1. The fourth-order valence-electron chi connectivity index (χ4n) is 1.76. The summed E-state index contributed by atoms with van der Waals surface area (Å²) < 4.78 is 0.